The van der Waals surface area contributed by atoms with E-state index in [-0.39, 0.29) is 24.0 Å². The van der Waals surface area contributed by atoms with Crippen LogP contribution in [0.15, 0.2) is 66.7 Å². The second-order valence-corrected chi connectivity index (χ2v) is 9.12. The zero-order valence-electron chi connectivity index (χ0n) is 19.3. The van der Waals surface area contributed by atoms with Crippen LogP contribution >= 0.6 is 0 Å². The first-order valence-corrected chi connectivity index (χ1v) is 11.2. The van der Waals surface area contributed by atoms with E-state index in [1.165, 1.54) is 31.2 Å². The Morgan fingerprint density at radius 2 is 1.64 bits per heavy atom. The van der Waals surface area contributed by atoms with Crippen LogP contribution in [0.5, 0.6) is 0 Å². The molecule has 1 heterocycles. The molecule has 0 spiro atoms. The molecule has 0 bridgehead atoms. The largest absolute Gasteiger partial charge is 0.417 e. The van der Waals surface area contributed by atoms with Gasteiger partial charge in [-0.15, -0.1) is 0 Å². The lowest BCUT2D eigenvalue weighted by molar-refractivity contribution is -0.138. The van der Waals surface area contributed by atoms with E-state index in [9.17, 15) is 27.5 Å². The molecule has 3 aromatic rings. The Balaban J connectivity index is 1.34. The molecule has 5 nitrogen and oxygen atoms in total. The number of nitriles is 1. The molecule has 1 unspecified atom stereocenters. The number of anilines is 1. The van der Waals surface area contributed by atoms with Crippen LogP contribution in [0.4, 0.5) is 23.2 Å². The third-order valence-corrected chi connectivity index (χ3v) is 6.24. The maximum absolute atomic E-state index is 13.2. The highest BCUT2D eigenvalue weighted by molar-refractivity contribution is 5.97. The minimum absolute atomic E-state index is 0.00536. The van der Waals surface area contributed by atoms with Gasteiger partial charge in [0.25, 0.3) is 5.91 Å². The average molecular weight is 497 g/mol. The molecule has 1 fully saturated rings. The summed E-state index contributed by atoms with van der Waals surface area (Å²) in [7, 11) is 0. The van der Waals surface area contributed by atoms with Gasteiger partial charge >= 0.3 is 6.18 Å². The summed E-state index contributed by atoms with van der Waals surface area (Å²) in [5, 5.41) is 21.9. The standard InChI is InChI=1S/C27H23F4N3O2/c1-26(36,25(35)33-23-11-8-20(13-32)24(12-23)27(29,30)31)16-34-14-21(15-34)19-4-2-17(3-5-19)18-6-9-22(28)10-7-18/h2-12,21,36H,14-16H2,1H3,(H,33,35). The van der Waals surface area contributed by atoms with Crippen molar-refractivity contribution < 1.29 is 27.5 Å². The molecule has 1 atom stereocenters. The fourth-order valence-electron chi connectivity index (χ4n) is 4.23. The van der Waals surface area contributed by atoms with Crippen LogP contribution in [0, 0.1) is 17.1 Å². The molecule has 9 heteroatoms. The molecule has 3 aromatic carbocycles. The van der Waals surface area contributed by atoms with Crippen molar-refractivity contribution >= 4 is 11.6 Å². The number of β-amino-alcohol motifs (C(OH)–C–C–N with tert-alkyl or cyclic N) is 1. The second kappa shape index (κ2) is 9.72. The molecule has 0 aliphatic carbocycles. The van der Waals surface area contributed by atoms with E-state index in [1.807, 2.05) is 29.2 Å². The Kier molecular flexibility index (Phi) is 6.85. The molecule has 186 valence electrons. The molecule has 2 N–H and O–H groups in total. The van der Waals surface area contributed by atoms with Crippen LogP contribution in [0.2, 0.25) is 0 Å². The molecule has 0 radical (unpaired) electrons. The fraction of sp³-hybridized carbons (Fsp3) is 0.259. The molecule has 4 rings (SSSR count). The van der Waals surface area contributed by atoms with E-state index >= 15 is 0 Å². The smallest absolute Gasteiger partial charge is 0.379 e. The van der Waals surface area contributed by atoms with Crippen molar-refractivity contribution in [1.29, 1.82) is 5.26 Å². The predicted octanol–water partition coefficient (Wildman–Crippen LogP) is 5.17. The minimum atomic E-state index is -4.75. The predicted molar refractivity (Wildman–Crippen MR) is 126 cm³/mol. The molecular weight excluding hydrogens is 474 g/mol. The molecule has 0 saturated carbocycles. The fourth-order valence-corrected chi connectivity index (χ4v) is 4.23. The van der Waals surface area contributed by atoms with Crippen molar-refractivity contribution in [3.05, 3.63) is 89.2 Å². The highest BCUT2D eigenvalue weighted by atomic mass is 19.4. The second-order valence-electron chi connectivity index (χ2n) is 9.12. The maximum Gasteiger partial charge on any atom is 0.417 e. The number of benzene rings is 3. The van der Waals surface area contributed by atoms with Gasteiger partial charge in [0.15, 0.2) is 5.60 Å². The zero-order valence-corrected chi connectivity index (χ0v) is 19.3. The SMILES string of the molecule is CC(O)(CN1CC(c2ccc(-c3ccc(F)cc3)cc2)C1)C(=O)Nc1ccc(C#N)c(C(F)(F)F)c1. The number of nitrogens with one attached hydrogen (secondary N) is 1. The van der Waals surface area contributed by atoms with Gasteiger partial charge in [-0.2, -0.15) is 18.4 Å². The van der Waals surface area contributed by atoms with Crippen LogP contribution in [0.25, 0.3) is 11.1 Å². The monoisotopic (exact) mass is 497 g/mol. The highest BCUT2D eigenvalue weighted by Gasteiger charge is 2.38. The maximum atomic E-state index is 13.2. The van der Waals surface area contributed by atoms with Crippen LogP contribution < -0.4 is 5.32 Å². The Hall–Kier alpha value is -3.74. The number of carbonyl (C=O) groups excluding carboxylic acids is 1. The first-order chi connectivity index (χ1) is 17.0. The van der Waals surface area contributed by atoms with Crippen molar-refractivity contribution in [2.24, 2.45) is 0 Å². The number of rotatable bonds is 6. The summed E-state index contributed by atoms with van der Waals surface area (Å²) < 4.78 is 52.7. The van der Waals surface area contributed by atoms with Crippen LogP contribution in [0.3, 0.4) is 0 Å². The topological polar surface area (TPSA) is 76.4 Å². The van der Waals surface area contributed by atoms with Crippen molar-refractivity contribution in [2.45, 2.75) is 24.6 Å². The van der Waals surface area contributed by atoms with Gasteiger partial charge in [-0.3, -0.25) is 9.69 Å². The van der Waals surface area contributed by atoms with Crippen molar-refractivity contribution in [2.75, 3.05) is 25.0 Å². The summed E-state index contributed by atoms with van der Waals surface area (Å²) in [6, 6.07) is 18.5. The lowest BCUT2D eigenvalue weighted by Crippen LogP contribution is -2.55. The number of carbonyl (C=O) groups is 1. The van der Waals surface area contributed by atoms with E-state index in [1.54, 1.807) is 12.1 Å². The number of likely N-dealkylation sites (tertiary alicyclic amines) is 1. The molecular formula is C27H23F4N3O2. The van der Waals surface area contributed by atoms with Crippen molar-refractivity contribution in [3.8, 4) is 17.2 Å². The molecule has 1 aliphatic heterocycles. The van der Waals surface area contributed by atoms with Gasteiger partial charge < -0.3 is 10.4 Å². The van der Waals surface area contributed by atoms with Gasteiger partial charge in [0.2, 0.25) is 0 Å². The highest BCUT2D eigenvalue weighted by Crippen LogP contribution is 2.34. The Labute approximate surface area is 205 Å². The molecule has 0 aromatic heterocycles. The Morgan fingerprint density at radius 1 is 1.06 bits per heavy atom. The van der Waals surface area contributed by atoms with Gasteiger partial charge in [-0.25, -0.2) is 4.39 Å². The summed E-state index contributed by atoms with van der Waals surface area (Å²) >= 11 is 0. The third kappa shape index (κ3) is 5.56. The van der Waals surface area contributed by atoms with Crippen molar-refractivity contribution in [1.82, 2.24) is 4.90 Å². The number of amides is 1. The van der Waals surface area contributed by atoms with Gasteiger partial charge in [-0.05, 0) is 53.9 Å². The van der Waals surface area contributed by atoms with Gasteiger partial charge in [-0.1, -0.05) is 36.4 Å². The lowest BCUT2D eigenvalue weighted by Gasteiger charge is -2.42. The summed E-state index contributed by atoms with van der Waals surface area (Å²) in [5.74, 6) is -0.927. The quantitative estimate of drug-likeness (QED) is 0.461. The Morgan fingerprint density at radius 3 is 2.19 bits per heavy atom. The number of hydrogen-bond donors (Lipinski definition) is 2. The molecule has 1 aliphatic rings. The van der Waals surface area contributed by atoms with Gasteiger partial charge in [0, 0.05) is 31.2 Å². The first kappa shape index (κ1) is 25.4. The van der Waals surface area contributed by atoms with E-state index in [0.29, 0.717) is 19.2 Å². The normalized spacial score (nSPS) is 16.0. The number of alkyl halides is 3. The molecule has 36 heavy (non-hydrogen) atoms. The summed E-state index contributed by atoms with van der Waals surface area (Å²) in [6.45, 7) is 2.52. The van der Waals surface area contributed by atoms with E-state index in [4.69, 9.17) is 5.26 Å². The number of hydrogen-bond acceptors (Lipinski definition) is 4. The Bertz CT molecular complexity index is 1290. The van der Waals surface area contributed by atoms with Crippen LogP contribution in [-0.4, -0.2) is 41.1 Å². The van der Waals surface area contributed by atoms with Crippen LogP contribution in [-0.2, 0) is 11.0 Å². The molecule has 1 amide bonds. The number of aliphatic hydroxyl groups is 1. The third-order valence-electron chi connectivity index (χ3n) is 6.24. The minimum Gasteiger partial charge on any atom is -0.379 e. The first-order valence-electron chi connectivity index (χ1n) is 11.2. The zero-order chi connectivity index (χ0) is 26.1. The van der Waals surface area contributed by atoms with Gasteiger partial charge in [0.05, 0.1) is 17.2 Å². The summed E-state index contributed by atoms with van der Waals surface area (Å²) in [5.41, 5.74) is -0.740. The molecule has 1 saturated heterocycles. The number of nitrogens with zero attached hydrogens (tertiary/aromatic N) is 2. The summed E-state index contributed by atoms with van der Waals surface area (Å²) in [4.78, 5) is 14.5. The van der Waals surface area contributed by atoms with E-state index in [2.05, 4.69) is 5.32 Å². The lowest BCUT2D eigenvalue weighted by atomic mass is 9.89. The van der Waals surface area contributed by atoms with Crippen molar-refractivity contribution in [3.63, 3.8) is 0 Å². The van der Waals surface area contributed by atoms with Gasteiger partial charge in [0.1, 0.15) is 5.82 Å². The van der Waals surface area contributed by atoms with E-state index in [0.717, 1.165) is 22.8 Å². The summed E-state index contributed by atoms with van der Waals surface area (Å²) in [6.07, 6.45) is -4.75. The van der Waals surface area contributed by atoms with Crippen LogP contribution in [0.1, 0.15) is 29.5 Å². The van der Waals surface area contributed by atoms with E-state index < -0.39 is 28.8 Å². The number of halogens is 4. The average Bonchev–Trinajstić information content (AvgIpc) is 2.81.